The topological polar surface area (TPSA) is 69.2 Å². The summed E-state index contributed by atoms with van der Waals surface area (Å²) in [7, 11) is 3.21. The highest BCUT2D eigenvalue weighted by atomic mass is 16.6. The number of carbonyl (C=O) groups is 1. The zero-order valence-corrected chi connectivity index (χ0v) is 13.5. The molecule has 6 heteroatoms. The molecule has 1 aliphatic rings. The second-order valence-corrected chi connectivity index (χ2v) is 5.28. The van der Waals surface area contributed by atoms with Crippen molar-refractivity contribution in [2.24, 2.45) is 5.16 Å². The van der Waals surface area contributed by atoms with E-state index in [-0.39, 0.29) is 5.91 Å². The monoisotopic (exact) mass is 326 g/mol. The maximum atomic E-state index is 12.3. The van der Waals surface area contributed by atoms with Gasteiger partial charge in [-0.1, -0.05) is 5.16 Å². The second kappa shape index (κ2) is 7.04. The van der Waals surface area contributed by atoms with E-state index >= 15 is 0 Å². The molecule has 24 heavy (non-hydrogen) atoms. The second-order valence-electron chi connectivity index (χ2n) is 5.28. The fraction of sp³-hybridized carbons (Fsp3) is 0.222. The van der Waals surface area contributed by atoms with Crippen LogP contribution < -0.4 is 14.8 Å². The van der Waals surface area contributed by atoms with Gasteiger partial charge in [-0.05, 0) is 54.1 Å². The number of nitrogens with one attached hydrogen (secondary N) is 1. The summed E-state index contributed by atoms with van der Waals surface area (Å²) in [5, 5.41) is 6.84. The molecule has 0 saturated carbocycles. The minimum atomic E-state index is -0.635. The summed E-state index contributed by atoms with van der Waals surface area (Å²) in [5.41, 5.74) is 2.34. The molecule has 1 N–H and O–H groups in total. The van der Waals surface area contributed by atoms with E-state index in [4.69, 9.17) is 14.3 Å². The minimum absolute atomic E-state index is 0.229. The van der Waals surface area contributed by atoms with Gasteiger partial charge >= 0.3 is 0 Å². The third kappa shape index (κ3) is 3.48. The van der Waals surface area contributed by atoms with Crippen LogP contribution >= 0.6 is 0 Å². The summed E-state index contributed by atoms with van der Waals surface area (Å²) in [6.45, 7) is 0. The number of ether oxygens (including phenoxy) is 2. The number of nitrogens with zero attached hydrogens (tertiary/aromatic N) is 1. The van der Waals surface area contributed by atoms with Gasteiger partial charge in [-0.25, -0.2) is 0 Å². The van der Waals surface area contributed by atoms with Gasteiger partial charge in [0.05, 0.1) is 19.9 Å². The Morgan fingerprint density at radius 3 is 2.21 bits per heavy atom. The smallest absolute Gasteiger partial charge is 0.268 e. The van der Waals surface area contributed by atoms with E-state index in [2.05, 4.69) is 10.5 Å². The molecule has 3 rings (SSSR count). The quantitative estimate of drug-likeness (QED) is 0.917. The molecule has 0 saturated heterocycles. The highest BCUT2D eigenvalue weighted by Gasteiger charge is 2.28. The fourth-order valence-corrected chi connectivity index (χ4v) is 2.37. The van der Waals surface area contributed by atoms with Gasteiger partial charge in [-0.3, -0.25) is 4.79 Å². The summed E-state index contributed by atoms with van der Waals surface area (Å²) in [4.78, 5) is 17.6. The van der Waals surface area contributed by atoms with Crippen LogP contribution in [0.15, 0.2) is 53.7 Å². The van der Waals surface area contributed by atoms with Gasteiger partial charge < -0.3 is 19.6 Å². The van der Waals surface area contributed by atoms with Crippen LogP contribution in [0.3, 0.4) is 0 Å². The zero-order valence-electron chi connectivity index (χ0n) is 13.5. The number of hydrogen-bond acceptors (Lipinski definition) is 5. The van der Waals surface area contributed by atoms with E-state index < -0.39 is 6.10 Å². The standard InChI is InChI=1S/C18H18N2O4/c1-22-14-7-3-12(4-8-14)16-11-17(24-20-16)18(21)19-13-5-9-15(23-2)10-6-13/h3-10,17H,11H2,1-2H3,(H,19,21)/t17-/m1/s1. The zero-order chi connectivity index (χ0) is 16.9. The van der Waals surface area contributed by atoms with E-state index in [1.807, 2.05) is 24.3 Å². The molecule has 0 aromatic heterocycles. The maximum Gasteiger partial charge on any atom is 0.268 e. The molecule has 1 atom stereocenters. The predicted molar refractivity (Wildman–Crippen MR) is 90.6 cm³/mol. The lowest BCUT2D eigenvalue weighted by atomic mass is 10.0. The van der Waals surface area contributed by atoms with Crippen LogP contribution in [0.1, 0.15) is 12.0 Å². The van der Waals surface area contributed by atoms with Crippen molar-refractivity contribution in [2.45, 2.75) is 12.5 Å². The molecule has 0 bridgehead atoms. The van der Waals surface area contributed by atoms with Gasteiger partial charge in [-0.15, -0.1) is 0 Å². The molecule has 2 aromatic carbocycles. The molecule has 0 fully saturated rings. The van der Waals surface area contributed by atoms with Crippen LogP contribution in [-0.4, -0.2) is 31.9 Å². The van der Waals surface area contributed by atoms with Gasteiger partial charge in [0.2, 0.25) is 6.10 Å². The molecule has 124 valence electrons. The van der Waals surface area contributed by atoms with Gasteiger partial charge in [0.1, 0.15) is 11.5 Å². The third-order valence-corrected chi connectivity index (χ3v) is 3.74. The van der Waals surface area contributed by atoms with E-state index in [1.54, 1.807) is 38.5 Å². The van der Waals surface area contributed by atoms with Crippen molar-refractivity contribution in [2.75, 3.05) is 19.5 Å². The average Bonchev–Trinajstić information content (AvgIpc) is 3.13. The maximum absolute atomic E-state index is 12.3. The van der Waals surface area contributed by atoms with Crippen LogP contribution in [0.25, 0.3) is 0 Å². The summed E-state index contributed by atoms with van der Waals surface area (Å²) >= 11 is 0. The average molecular weight is 326 g/mol. The Hall–Kier alpha value is -3.02. The SMILES string of the molecule is COc1ccc(NC(=O)[C@H]2CC(c3ccc(OC)cc3)=NO2)cc1. The number of anilines is 1. The van der Waals surface area contributed by atoms with Crippen molar-refractivity contribution in [3.63, 3.8) is 0 Å². The molecule has 1 amide bonds. The first-order valence-electron chi connectivity index (χ1n) is 7.51. The lowest BCUT2D eigenvalue weighted by Gasteiger charge is -2.10. The minimum Gasteiger partial charge on any atom is -0.497 e. The third-order valence-electron chi connectivity index (χ3n) is 3.74. The number of carbonyl (C=O) groups excluding carboxylic acids is 1. The Morgan fingerprint density at radius 2 is 1.62 bits per heavy atom. The summed E-state index contributed by atoms with van der Waals surface area (Å²) in [6, 6.07) is 14.6. The normalized spacial score (nSPS) is 16.1. The van der Waals surface area contributed by atoms with Crippen molar-refractivity contribution < 1.29 is 19.1 Å². The highest BCUT2D eigenvalue weighted by Crippen LogP contribution is 2.21. The molecule has 2 aromatic rings. The Kier molecular flexibility index (Phi) is 4.65. The van der Waals surface area contributed by atoms with E-state index in [1.165, 1.54) is 0 Å². The summed E-state index contributed by atoms with van der Waals surface area (Å²) in [6.07, 6.45) is -0.210. The van der Waals surface area contributed by atoms with Crippen molar-refractivity contribution >= 4 is 17.3 Å². The number of rotatable bonds is 5. The Labute approximate surface area is 140 Å². The van der Waals surface area contributed by atoms with E-state index in [0.29, 0.717) is 12.1 Å². The summed E-state index contributed by atoms with van der Waals surface area (Å²) in [5.74, 6) is 1.27. The Balaban J connectivity index is 1.59. The van der Waals surface area contributed by atoms with Crippen LogP contribution in [0.5, 0.6) is 11.5 Å². The van der Waals surface area contributed by atoms with Crippen LogP contribution in [0.2, 0.25) is 0 Å². The molecular weight excluding hydrogens is 308 g/mol. The van der Waals surface area contributed by atoms with Crippen LogP contribution in [0.4, 0.5) is 5.69 Å². The number of methoxy groups -OCH3 is 2. The number of oxime groups is 1. The van der Waals surface area contributed by atoms with Crippen LogP contribution in [-0.2, 0) is 9.63 Å². The molecule has 0 spiro atoms. The predicted octanol–water partition coefficient (Wildman–Crippen LogP) is 2.84. The molecule has 1 heterocycles. The lowest BCUT2D eigenvalue weighted by molar-refractivity contribution is -0.125. The molecular formula is C18H18N2O4. The first-order chi connectivity index (χ1) is 11.7. The largest absolute Gasteiger partial charge is 0.497 e. The van der Waals surface area contributed by atoms with Gasteiger partial charge in [-0.2, -0.15) is 0 Å². The lowest BCUT2D eigenvalue weighted by Crippen LogP contribution is -2.28. The highest BCUT2D eigenvalue weighted by molar-refractivity contribution is 6.06. The van der Waals surface area contributed by atoms with Crippen molar-refractivity contribution in [1.29, 1.82) is 0 Å². The van der Waals surface area contributed by atoms with Gasteiger partial charge in [0.25, 0.3) is 5.91 Å². The van der Waals surface area contributed by atoms with E-state index in [9.17, 15) is 4.79 Å². The fourth-order valence-electron chi connectivity index (χ4n) is 2.37. The van der Waals surface area contributed by atoms with Crippen molar-refractivity contribution in [3.05, 3.63) is 54.1 Å². The first-order valence-corrected chi connectivity index (χ1v) is 7.51. The molecule has 0 unspecified atom stereocenters. The van der Waals surface area contributed by atoms with Gasteiger partial charge in [0, 0.05) is 12.1 Å². The van der Waals surface area contributed by atoms with Crippen LogP contribution in [0, 0.1) is 0 Å². The van der Waals surface area contributed by atoms with Gasteiger partial charge in [0.15, 0.2) is 0 Å². The molecule has 1 aliphatic heterocycles. The summed E-state index contributed by atoms with van der Waals surface area (Å²) < 4.78 is 10.2. The first kappa shape index (κ1) is 15.9. The molecule has 6 nitrogen and oxygen atoms in total. The molecule has 0 aliphatic carbocycles. The van der Waals surface area contributed by atoms with Crippen molar-refractivity contribution in [3.8, 4) is 11.5 Å². The Bertz CT molecular complexity index is 739. The van der Waals surface area contributed by atoms with Crippen molar-refractivity contribution in [1.82, 2.24) is 0 Å². The number of hydrogen-bond donors (Lipinski definition) is 1. The number of benzene rings is 2. The number of amides is 1. The van der Waals surface area contributed by atoms with E-state index in [0.717, 1.165) is 22.8 Å². The Morgan fingerprint density at radius 1 is 1.04 bits per heavy atom. The molecule has 0 radical (unpaired) electrons.